The predicted octanol–water partition coefficient (Wildman–Crippen LogP) is 3.06. The highest BCUT2D eigenvalue weighted by Crippen LogP contribution is 2.31. The van der Waals surface area contributed by atoms with Gasteiger partial charge in [0.2, 0.25) is 11.7 Å². The van der Waals surface area contributed by atoms with Crippen molar-refractivity contribution in [2.24, 2.45) is 5.73 Å². The Morgan fingerprint density at radius 2 is 1.86 bits per heavy atom. The molecule has 0 spiro atoms. The lowest BCUT2D eigenvalue weighted by Gasteiger charge is -2.37. The number of fused-ring (bicyclic) bond motifs is 1. The van der Waals surface area contributed by atoms with Crippen LogP contribution in [0.15, 0.2) is 12.1 Å². The number of nitrogens with two attached hydrogens (primary N) is 1. The monoisotopic (exact) mass is 417 g/mol. The van der Waals surface area contributed by atoms with Crippen LogP contribution in [0.5, 0.6) is 0 Å². The first-order valence-corrected chi connectivity index (χ1v) is 9.01. The number of carbonyl (C=O) groups excluding carboxylic acids is 1. The fourth-order valence-electron chi connectivity index (χ4n) is 3.45. The van der Waals surface area contributed by atoms with Gasteiger partial charge in [-0.25, -0.2) is 31.6 Å². The molecular weight excluding hydrogens is 397 g/mol. The van der Waals surface area contributed by atoms with Crippen LogP contribution in [0.4, 0.5) is 22.0 Å². The molecule has 2 aromatic rings. The number of alkyl halides is 2. The summed E-state index contributed by atoms with van der Waals surface area (Å²) in [5, 5.41) is 3.80. The number of aromatic nitrogens is 3. The standard InChI is InChI=1S/C18H20F5N5O/c1-8-7-27(9(2)18-25-17(16(22)23)26-28(8)18)15(29)5-11(24)3-10-4-13(20)14(21)6-12(10)19/h4,6,8-9,11,16H,3,5,7,24H2,1-2H3/t8?,9?,11-/m1/s1. The van der Waals surface area contributed by atoms with E-state index in [4.69, 9.17) is 5.73 Å². The van der Waals surface area contributed by atoms with Gasteiger partial charge in [0.25, 0.3) is 6.43 Å². The summed E-state index contributed by atoms with van der Waals surface area (Å²) in [5.41, 5.74) is 5.79. The SMILES string of the molecule is CC1c2nc(C(F)F)nn2C(C)CN1C(=O)C[C@H](N)Cc1cc(F)c(F)cc1F. The third-order valence-corrected chi connectivity index (χ3v) is 4.92. The van der Waals surface area contributed by atoms with Gasteiger partial charge >= 0.3 is 0 Å². The van der Waals surface area contributed by atoms with Gasteiger partial charge in [0, 0.05) is 25.1 Å². The maximum atomic E-state index is 13.8. The molecule has 1 aliphatic heterocycles. The molecule has 158 valence electrons. The van der Waals surface area contributed by atoms with Crippen molar-refractivity contribution in [3.05, 3.63) is 46.8 Å². The fourth-order valence-corrected chi connectivity index (χ4v) is 3.45. The first-order valence-electron chi connectivity index (χ1n) is 9.01. The Morgan fingerprint density at radius 3 is 2.52 bits per heavy atom. The molecule has 2 heterocycles. The van der Waals surface area contributed by atoms with Gasteiger partial charge < -0.3 is 10.6 Å². The molecule has 1 aromatic heterocycles. The van der Waals surface area contributed by atoms with E-state index in [-0.39, 0.29) is 42.7 Å². The normalized spacial score (nSPS) is 20.1. The third-order valence-electron chi connectivity index (χ3n) is 4.92. The number of benzene rings is 1. The van der Waals surface area contributed by atoms with E-state index in [2.05, 4.69) is 10.1 Å². The van der Waals surface area contributed by atoms with Crippen LogP contribution in [-0.2, 0) is 11.2 Å². The Hall–Kier alpha value is -2.56. The number of nitrogens with zero attached hydrogens (tertiary/aromatic N) is 4. The maximum absolute atomic E-state index is 13.8. The van der Waals surface area contributed by atoms with Gasteiger partial charge in [-0.15, -0.1) is 5.10 Å². The molecule has 0 saturated heterocycles. The van der Waals surface area contributed by atoms with Crippen LogP contribution < -0.4 is 5.73 Å². The van der Waals surface area contributed by atoms with Crippen molar-refractivity contribution in [1.29, 1.82) is 0 Å². The summed E-state index contributed by atoms with van der Waals surface area (Å²) < 4.78 is 67.4. The van der Waals surface area contributed by atoms with Gasteiger partial charge in [0.05, 0.1) is 12.1 Å². The molecular formula is C18H20F5N5O. The minimum Gasteiger partial charge on any atom is -0.331 e. The second-order valence-electron chi connectivity index (χ2n) is 7.17. The van der Waals surface area contributed by atoms with Crippen LogP contribution in [-0.4, -0.2) is 38.2 Å². The van der Waals surface area contributed by atoms with Crippen molar-refractivity contribution in [2.75, 3.05) is 6.54 Å². The van der Waals surface area contributed by atoms with Crippen LogP contribution in [0.25, 0.3) is 0 Å². The zero-order valence-electron chi connectivity index (χ0n) is 15.7. The smallest absolute Gasteiger partial charge is 0.299 e. The highest BCUT2D eigenvalue weighted by molar-refractivity contribution is 5.77. The molecule has 2 N–H and O–H groups in total. The minimum absolute atomic E-state index is 0.134. The van der Waals surface area contributed by atoms with Gasteiger partial charge in [0.15, 0.2) is 11.6 Å². The molecule has 29 heavy (non-hydrogen) atoms. The summed E-state index contributed by atoms with van der Waals surface area (Å²) in [6, 6.07) is -0.674. The zero-order valence-corrected chi connectivity index (χ0v) is 15.7. The first kappa shape index (κ1) is 21.2. The number of rotatable bonds is 5. The Kier molecular flexibility index (Phi) is 5.87. The van der Waals surface area contributed by atoms with E-state index >= 15 is 0 Å². The second-order valence-corrected chi connectivity index (χ2v) is 7.17. The number of amides is 1. The molecule has 11 heteroatoms. The highest BCUT2D eigenvalue weighted by atomic mass is 19.3. The summed E-state index contributed by atoms with van der Waals surface area (Å²) in [6.07, 6.45) is -3.18. The van der Waals surface area contributed by atoms with E-state index in [0.717, 1.165) is 6.07 Å². The van der Waals surface area contributed by atoms with E-state index < -0.39 is 41.8 Å². The van der Waals surface area contributed by atoms with E-state index in [1.54, 1.807) is 13.8 Å². The Labute approximate surface area is 163 Å². The van der Waals surface area contributed by atoms with E-state index in [1.807, 2.05) is 0 Å². The minimum atomic E-state index is -2.82. The van der Waals surface area contributed by atoms with E-state index in [9.17, 15) is 26.7 Å². The fraction of sp³-hybridized carbons (Fsp3) is 0.500. The van der Waals surface area contributed by atoms with E-state index in [0.29, 0.717) is 6.07 Å². The van der Waals surface area contributed by atoms with Crippen molar-refractivity contribution in [1.82, 2.24) is 19.7 Å². The summed E-state index contributed by atoms with van der Waals surface area (Å²) in [5.74, 6) is -4.19. The molecule has 1 aromatic carbocycles. The highest BCUT2D eigenvalue weighted by Gasteiger charge is 2.35. The summed E-state index contributed by atoms with van der Waals surface area (Å²) >= 11 is 0. The van der Waals surface area contributed by atoms with Gasteiger partial charge in [-0.1, -0.05) is 0 Å². The average molecular weight is 417 g/mol. The van der Waals surface area contributed by atoms with Gasteiger partial charge in [-0.3, -0.25) is 4.79 Å². The van der Waals surface area contributed by atoms with E-state index in [1.165, 1.54) is 9.58 Å². The van der Waals surface area contributed by atoms with Gasteiger partial charge in [-0.05, 0) is 31.9 Å². The molecule has 3 atom stereocenters. The van der Waals surface area contributed by atoms with Crippen molar-refractivity contribution in [3.8, 4) is 0 Å². The zero-order chi connectivity index (χ0) is 21.5. The molecule has 0 radical (unpaired) electrons. The number of hydrogen-bond donors (Lipinski definition) is 1. The van der Waals surface area contributed by atoms with Crippen LogP contribution in [0.1, 0.15) is 56.0 Å². The maximum Gasteiger partial charge on any atom is 0.299 e. The summed E-state index contributed by atoms with van der Waals surface area (Å²) in [4.78, 5) is 18.0. The Bertz CT molecular complexity index is 918. The molecule has 0 saturated carbocycles. The van der Waals surface area contributed by atoms with Crippen LogP contribution in [0.3, 0.4) is 0 Å². The van der Waals surface area contributed by atoms with Crippen molar-refractivity contribution < 1.29 is 26.7 Å². The summed E-state index contributed by atoms with van der Waals surface area (Å²) in [7, 11) is 0. The lowest BCUT2D eigenvalue weighted by molar-refractivity contribution is -0.135. The van der Waals surface area contributed by atoms with Gasteiger partial charge in [0.1, 0.15) is 11.6 Å². The topological polar surface area (TPSA) is 77.0 Å². The lowest BCUT2D eigenvalue weighted by Crippen LogP contribution is -2.45. The number of hydrogen-bond acceptors (Lipinski definition) is 4. The molecule has 0 bridgehead atoms. The molecule has 6 nitrogen and oxygen atoms in total. The third kappa shape index (κ3) is 4.24. The van der Waals surface area contributed by atoms with Crippen LogP contribution in [0, 0.1) is 17.5 Å². The lowest BCUT2D eigenvalue weighted by atomic mass is 10.0. The van der Waals surface area contributed by atoms with Gasteiger partial charge in [-0.2, -0.15) is 0 Å². The Morgan fingerprint density at radius 1 is 1.21 bits per heavy atom. The molecule has 1 amide bonds. The largest absolute Gasteiger partial charge is 0.331 e. The number of carbonyl (C=O) groups is 1. The average Bonchev–Trinajstić information content (AvgIpc) is 3.09. The quantitative estimate of drug-likeness (QED) is 0.599. The molecule has 2 unspecified atom stereocenters. The second kappa shape index (κ2) is 8.05. The molecule has 0 aliphatic carbocycles. The van der Waals surface area contributed by atoms with Crippen molar-refractivity contribution >= 4 is 5.91 Å². The van der Waals surface area contributed by atoms with Crippen molar-refractivity contribution in [2.45, 2.75) is 51.2 Å². The van der Waals surface area contributed by atoms with Crippen LogP contribution >= 0.6 is 0 Å². The molecule has 3 rings (SSSR count). The molecule has 1 aliphatic rings. The predicted molar refractivity (Wildman–Crippen MR) is 92.4 cm³/mol. The Balaban J connectivity index is 1.71. The van der Waals surface area contributed by atoms with Crippen molar-refractivity contribution in [3.63, 3.8) is 0 Å². The number of halogens is 5. The molecule has 0 fully saturated rings. The first-order chi connectivity index (χ1) is 13.6. The summed E-state index contributed by atoms with van der Waals surface area (Å²) in [6.45, 7) is 3.57. The van der Waals surface area contributed by atoms with Crippen LogP contribution in [0.2, 0.25) is 0 Å².